The maximum Gasteiger partial charge on any atom is 0.422 e. The van der Waals surface area contributed by atoms with Crippen LogP contribution in [0, 0.1) is 0 Å². The number of aromatic nitrogens is 1. The van der Waals surface area contributed by atoms with Crippen molar-refractivity contribution in [3.05, 3.63) is 48.4 Å². The number of hydrogen-bond acceptors (Lipinski definition) is 5. The summed E-state index contributed by atoms with van der Waals surface area (Å²) in [6.45, 7) is -1.44. The zero-order valence-electron chi connectivity index (χ0n) is 16.5. The Hall–Kier alpha value is -3.21. The quantitative estimate of drug-likeness (QED) is 0.565. The van der Waals surface area contributed by atoms with Crippen LogP contribution in [-0.4, -0.2) is 48.7 Å². The zero-order valence-corrected chi connectivity index (χ0v) is 16.5. The molecule has 11 heteroatoms. The van der Waals surface area contributed by atoms with Crippen molar-refractivity contribution in [2.75, 3.05) is 19.7 Å². The Morgan fingerprint density at radius 3 is 2.69 bits per heavy atom. The normalized spacial score (nSPS) is 18.5. The van der Waals surface area contributed by atoms with E-state index < -0.39 is 43.0 Å². The number of piperidine rings is 1. The first-order chi connectivity index (χ1) is 15.1. The topological polar surface area (TPSA) is 76.4 Å². The van der Waals surface area contributed by atoms with Crippen LogP contribution in [0.2, 0.25) is 0 Å². The summed E-state index contributed by atoms with van der Waals surface area (Å²) < 4.78 is 76.4. The van der Waals surface area contributed by atoms with Gasteiger partial charge in [0.1, 0.15) is 17.3 Å². The maximum absolute atomic E-state index is 14.0. The van der Waals surface area contributed by atoms with Crippen molar-refractivity contribution in [3.8, 4) is 16.9 Å². The van der Waals surface area contributed by atoms with Gasteiger partial charge in [-0.05, 0) is 12.1 Å². The van der Waals surface area contributed by atoms with Gasteiger partial charge in [0.15, 0.2) is 12.2 Å². The van der Waals surface area contributed by atoms with Crippen LogP contribution in [0.3, 0.4) is 0 Å². The highest BCUT2D eigenvalue weighted by molar-refractivity contribution is 5.97. The molecule has 1 fully saturated rings. The van der Waals surface area contributed by atoms with Crippen LogP contribution >= 0.6 is 0 Å². The largest absolute Gasteiger partial charge is 0.483 e. The summed E-state index contributed by atoms with van der Waals surface area (Å²) in [5.41, 5.74) is 1.01. The minimum atomic E-state index is -4.52. The van der Waals surface area contributed by atoms with E-state index in [0.29, 0.717) is 11.1 Å². The molecule has 2 heterocycles. The second kappa shape index (κ2) is 8.38. The van der Waals surface area contributed by atoms with E-state index in [9.17, 15) is 26.7 Å². The lowest BCUT2D eigenvalue weighted by Crippen LogP contribution is -2.57. The van der Waals surface area contributed by atoms with E-state index in [4.69, 9.17) is 9.15 Å². The van der Waals surface area contributed by atoms with Crippen LogP contribution < -0.4 is 15.4 Å². The Labute approximate surface area is 178 Å². The summed E-state index contributed by atoms with van der Waals surface area (Å²) in [5, 5.41) is 5.03. The molecule has 1 aromatic heterocycles. The van der Waals surface area contributed by atoms with Crippen molar-refractivity contribution in [1.29, 1.82) is 0 Å². The van der Waals surface area contributed by atoms with Crippen molar-refractivity contribution in [3.63, 3.8) is 0 Å². The molecule has 1 atom stereocenters. The smallest absolute Gasteiger partial charge is 0.422 e. The molecule has 0 aliphatic carbocycles. The fourth-order valence-corrected chi connectivity index (χ4v) is 3.43. The molecule has 4 rings (SSSR count). The minimum Gasteiger partial charge on any atom is -0.483 e. The Morgan fingerprint density at radius 2 is 1.94 bits per heavy atom. The molecule has 2 N–H and O–H groups in total. The maximum atomic E-state index is 14.0. The van der Waals surface area contributed by atoms with Gasteiger partial charge in [0.25, 0.3) is 11.8 Å². The van der Waals surface area contributed by atoms with E-state index in [-0.39, 0.29) is 29.9 Å². The van der Waals surface area contributed by atoms with Gasteiger partial charge < -0.3 is 19.8 Å². The van der Waals surface area contributed by atoms with Crippen molar-refractivity contribution in [1.82, 2.24) is 15.6 Å². The number of carbonyl (C=O) groups excluding carboxylic acids is 1. The number of oxazole rings is 1. The molecular formula is C21H18F5N3O3. The number of halogens is 5. The molecule has 0 spiro atoms. The predicted octanol–water partition coefficient (Wildman–Crippen LogP) is 4.16. The number of para-hydroxylation sites is 2. The Kier molecular flexibility index (Phi) is 5.76. The van der Waals surface area contributed by atoms with Crippen LogP contribution in [0.5, 0.6) is 5.75 Å². The van der Waals surface area contributed by atoms with Gasteiger partial charge in [-0.2, -0.15) is 13.2 Å². The highest BCUT2D eigenvalue weighted by Gasteiger charge is 2.43. The second-order valence-electron chi connectivity index (χ2n) is 7.31. The molecule has 170 valence electrons. The van der Waals surface area contributed by atoms with Gasteiger partial charge in [0.05, 0.1) is 0 Å². The number of rotatable bonds is 5. The van der Waals surface area contributed by atoms with Crippen LogP contribution in [0.15, 0.2) is 46.9 Å². The fourth-order valence-electron chi connectivity index (χ4n) is 3.43. The molecule has 1 aliphatic rings. The van der Waals surface area contributed by atoms with Gasteiger partial charge in [0.2, 0.25) is 0 Å². The number of carbonyl (C=O) groups is 1. The number of ether oxygens (including phenoxy) is 1. The average molecular weight is 455 g/mol. The number of alkyl halides is 5. The number of nitrogens with one attached hydrogen (secondary N) is 2. The van der Waals surface area contributed by atoms with E-state index in [1.807, 2.05) is 0 Å². The SMILES string of the molecule is O=C(N[C@@H]1CNCCC1(F)F)c1nc2cccc(-c3ccccc3OCC(F)(F)F)c2o1. The van der Waals surface area contributed by atoms with Crippen molar-refractivity contribution < 1.29 is 35.9 Å². The molecule has 6 nitrogen and oxygen atoms in total. The lowest BCUT2D eigenvalue weighted by molar-refractivity contribution is -0.153. The van der Waals surface area contributed by atoms with Gasteiger partial charge >= 0.3 is 12.1 Å². The summed E-state index contributed by atoms with van der Waals surface area (Å²) >= 11 is 0. The fraction of sp³-hybridized carbons (Fsp3) is 0.333. The Balaban J connectivity index is 1.64. The molecule has 1 saturated heterocycles. The molecule has 1 aliphatic heterocycles. The van der Waals surface area contributed by atoms with E-state index in [1.165, 1.54) is 24.3 Å². The summed E-state index contributed by atoms with van der Waals surface area (Å²) in [6, 6.07) is 9.32. The van der Waals surface area contributed by atoms with Gasteiger partial charge in [0, 0.05) is 30.6 Å². The number of benzene rings is 2. The molecule has 1 amide bonds. The number of nitrogens with zero attached hydrogens (tertiary/aromatic N) is 1. The molecule has 0 bridgehead atoms. The third-order valence-corrected chi connectivity index (χ3v) is 4.98. The third kappa shape index (κ3) is 4.67. The number of fused-ring (bicyclic) bond motifs is 1. The Morgan fingerprint density at radius 1 is 1.19 bits per heavy atom. The minimum absolute atomic E-state index is 0.0346. The lowest BCUT2D eigenvalue weighted by atomic mass is 10.0. The van der Waals surface area contributed by atoms with Crippen molar-refractivity contribution >= 4 is 17.0 Å². The van der Waals surface area contributed by atoms with Crippen LogP contribution in [0.25, 0.3) is 22.2 Å². The van der Waals surface area contributed by atoms with Crippen LogP contribution in [0.1, 0.15) is 17.1 Å². The van der Waals surface area contributed by atoms with Crippen LogP contribution in [-0.2, 0) is 0 Å². The number of hydrogen-bond donors (Lipinski definition) is 2. The van der Waals surface area contributed by atoms with Gasteiger partial charge in [-0.25, -0.2) is 13.8 Å². The predicted molar refractivity (Wildman–Crippen MR) is 105 cm³/mol. The molecule has 0 radical (unpaired) electrons. The summed E-state index contributed by atoms with van der Waals surface area (Å²) in [7, 11) is 0. The molecular weight excluding hydrogens is 437 g/mol. The van der Waals surface area contributed by atoms with E-state index in [2.05, 4.69) is 15.6 Å². The van der Waals surface area contributed by atoms with Gasteiger partial charge in [-0.15, -0.1) is 0 Å². The van der Waals surface area contributed by atoms with Gasteiger partial charge in [-0.3, -0.25) is 4.79 Å². The summed E-state index contributed by atoms with van der Waals surface area (Å²) in [4.78, 5) is 16.6. The highest BCUT2D eigenvalue weighted by atomic mass is 19.4. The highest BCUT2D eigenvalue weighted by Crippen LogP contribution is 2.36. The first kappa shape index (κ1) is 22.0. The lowest BCUT2D eigenvalue weighted by Gasteiger charge is -2.31. The monoisotopic (exact) mass is 455 g/mol. The standard InChI is InChI=1S/C21H18F5N3O3/c22-20(23)8-9-27-10-16(20)29-18(30)19-28-14-6-3-5-13(17(14)32-19)12-4-1-2-7-15(12)31-11-21(24,25)26/h1-7,16,27H,8-11H2,(H,29,30)/t16-/m1/s1. The molecule has 0 unspecified atom stereocenters. The molecule has 32 heavy (non-hydrogen) atoms. The first-order valence-corrected chi connectivity index (χ1v) is 9.72. The van der Waals surface area contributed by atoms with Crippen molar-refractivity contribution in [2.45, 2.75) is 24.6 Å². The van der Waals surface area contributed by atoms with Gasteiger partial charge in [-0.1, -0.05) is 30.3 Å². The first-order valence-electron chi connectivity index (χ1n) is 9.72. The van der Waals surface area contributed by atoms with E-state index in [1.54, 1.807) is 18.2 Å². The molecule has 3 aromatic rings. The second-order valence-corrected chi connectivity index (χ2v) is 7.31. The molecule has 0 saturated carbocycles. The van der Waals surface area contributed by atoms with E-state index >= 15 is 0 Å². The summed E-state index contributed by atoms with van der Waals surface area (Å²) in [5.74, 6) is -4.45. The summed E-state index contributed by atoms with van der Waals surface area (Å²) in [6.07, 6.45) is -4.93. The third-order valence-electron chi connectivity index (χ3n) is 4.98. The van der Waals surface area contributed by atoms with E-state index in [0.717, 1.165) is 0 Å². The number of amides is 1. The van der Waals surface area contributed by atoms with Crippen molar-refractivity contribution in [2.24, 2.45) is 0 Å². The Bertz CT molecular complexity index is 1130. The average Bonchev–Trinajstić information content (AvgIpc) is 3.18. The molecule has 2 aromatic carbocycles. The zero-order chi connectivity index (χ0) is 22.9. The van der Waals surface area contributed by atoms with Crippen LogP contribution in [0.4, 0.5) is 22.0 Å².